The van der Waals surface area contributed by atoms with Gasteiger partial charge in [0, 0.05) is 29.3 Å². The lowest BCUT2D eigenvalue weighted by Crippen LogP contribution is -2.59. The summed E-state index contributed by atoms with van der Waals surface area (Å²) in [6, 6.07) is 3.01. The standard InChI is InChI=1S/C41H50ClN7O8S/c1-8-23-16-41(23,37(52)53)48-35(50)29-14-25(17-49(29)36(51)34(40(4,5)6)47-39(54)57-24-12-21-11-22(21)13-24)56-31-15-27(28-18-58-38(46-28)44-20(2)3)45-33-26(31)9-10-30(32(33)42)55-19-43-7/h9-10,15,18,20-25,29,34H,8,11-14,16-17,19H2,1-6H3,(H,44,46)(H,47,54)(H,48,50)(H,52,53)/t21-,22+,23-,24+,25+,29+,34+,41?/m1/s1. The third-order valence-corrected chi connectivity index (χ3v) is 12.8. The predicted octanol–water partition coefficient (Wildman–Crippen LogP) is 6.74. The number of thiazole rings is 1. The van der Waals surface area contributed by atoms with Gasteiger partial charge < -0.3 is 40.2 Å². The normalized spacial score (nSPS) is 26.4. The number of rotatable bonds is 14. The number of hydrogen-bond donors (Lipinski definition) is 4. The smallest absolute Gasteiger partial charge is 0.408 e. The lowest BCUT2D eigenvalue weighted by molar-refractivity contribution is -0.146. The van der Waals surface area contributed by atoms with Crippen molar-refractivity contribution in [2.75, 3.05) is 18.6 Å². The molecule has 1 unspecified atom stereocenters. The van der Waals surface area contributed by atoms with E-state index in [4.69, 9.17) is 42.4 Å². The van der Waals surface area contributed by atoms with Crippen LogP contribution in [0.25, 0.3) is 27.1 Å². The fraction of sp³-hybridized carbons (Fsp3) is 0.585. The largest absolute Gasteiger partial charge is 0.488 e. The van der Waals surface area contributed by atoms with Gasteiger partial charge in [0.1, 0.15) is 52.0 Å². The third kappa shape index (κ3) is 8.47. The molecule has 0 bridgehead atoms. The number of aliphatic carboxylic acids is 1. The number of fused-ring (bicyclic) bond motifs is 2. The SMILES string of the molecule is [C-]#[N+]COc1ccc2c(O[C@H]3C[C@@H](C(=O)NC4(C(=O)O)C[C@H]4CC)N(C(=O)[C@H](NC(=O)O[C@@H]4C[C@@H]5C[C@@H]5C4)C(C)(C)C)C3)cc(-c3csc(NC(C)C)n3)nc2c1Cl. The van der Waals surface area contributed by atoms with Crippen LogP contribution in [0.3, 0.4) is 0 Å². The third-order valence-electron chi connectivity index (χ3n) is 11.6. The number of amides is 3. The Kier molecular flexibility index (Phi) is 11.4. The number of anilines is 1. The highest BCUT2D eigenvalue weighted by molar-refractivity contribution is 7.14. The molecule has 15 nitrogen and oxygen atoms in total. The van der Waals surface area contributed by atoms with Crippen LogP contribution in [0.1, 0.15) is 80.1 Å². The maximum Gasteiger partial charge on any atom is 0.408 e. The summed E-state index contributed by atoms with van der Waals surface area (Å²) in [5.41, 5.74) is -0.891. The molecule has 3 aromatic rings. The molecular weight excluding hydrogens is 786 g/mol. The average Bonchev–Trinajstić information content (AvgIpc) is 3.83. The number of alkyl carbamates (subject to hydrolysis) is 1. The van der Waals surface area contributed by atoms with Gasteiger partial charge in [-0.1, -0.05) is 45.7 Å². The Bertz CT molecular complexity index is 2140. The number of pyridine rings is 1. The zero-order valence-electron chi connectivity index (χ0n) is 33.5. The molecule has 3 heterocycles. The molecule has 4 fully saturated rings. The van der Waals surface area contributed by atoms with Crippen molar-refractivity contribution < 1.29 is 38.5 Å². The summed E-state index contributed by atoms with van der Waals surface area (Å²) in [6.45, 7) is 18.2. The van der Waals surface area contributed by atoms with Crippen LogP contribution in [0.4, 0.5) is 9.93 Å². The summed E-state index contributed by atoms with van der Waals surface area (Å²) < 4.78 is 18.1. The molecule has 58 heavy (non-hydrogen) atoms. The van der Waals surface area contributed by atoms with Crippen molar-refractivity contribution in [2.45, 2.75) is 116 Å². The molecule has 3 aliphatic carbocycles. The van der Waals surface area contributed by atoms with Crippen LogP contribution >= 0.6 is 22.9 Å². The van der Waals surface area contributed by atoms with Gasteiger partial charge in [0.05, 0.1) is 17.8 Å². The van der Waals surface area contributed by atoms with E-state index in [-0.39, 0.29) is 55.0 Å². The monoisotopic (exact) mass is 835 g/mol. The minimum atomic E-state index is -1.43. The molecule has 7 rings (SSSR count). The lowest BCUT2D eigenvalue weighted by Gasteiger charge is -2.35. The van der Waals surface area contributed by atoms with Gasteiger partial charge in [0.2, 0.25) is 11.8 Å². The summed E-state index contributed by atoms with van der Waals surface area (Å²) in [6.07, 6.45) is 2.00. The number of carbonyl (C=O) groups excluding carboxylic acids is 3. The van der Waals surface area contributed by atoms with Crippen LogP contribution in [0, 0.1) is 29.7 Å². The van der Waals surface area contributed by atoms with Crippen LogP contribution in [-0.2, 0) is 19.1 Å². The van der Waals surface area contributed by atoms with E-state index in [9.17, 15) is 24.3 Å². The Morgan fingerprint density at radius 1 is 1.09 bits per heavy atom. The Morgan fingerprint density at radius 3 is 2.47 bits per heavy atom. The van der Waals surface area contributed by atoms with E-state index in [1.54, 1.807) is 18.2 Å². The first-order chi connectivity index (χ1) is 27.5. The number of carboxylic acids is 1. The van der Waals surface area contributed by atoms with E-state index < -0.39 is 53.0 Å². The van der Waals surface area contributed by atoms with Crippen molar-refractivity contribution >= 4 is 62.8 Å². The highest BCUT2D eigenvalue weighted by Gasteiger charge is 2.61. The number of nitrogens with one attached hydrogen (secondary N) is 3. The number of halogens is 1. The Hall–Kier alpha value is -4.88. The topological polar surface area (TPSA) is 186 Å². The number of carbonyl (C=O) groups is 4. The van der Waals surface area contributed by atoms with Gasteiger partial charge in [-0.3, -0.25) is 14.4 Å². The van der Waals surface area contributed by atoms with Crippen molar-refractivity contribution in [3.05, 3.63) is 40.0 Å². The summed E-state index contributed by atoms with van der Waals surface area (Å²) in [4.78, 5) is 68.9. The van der Waals surface area contributed by atoms with Crippen molar-refractivity contribution in [3.63, 3.8) is 0 Å². The number of carboxylic acid groups (broad SMARTS) is 1. The number of aromatic nitrogens is 2. The first kappa shape index (κ1) is 41.3. The van der Waals surface area contributed by atoms with Crippen LogP contribution in [0.5, 0.6) is 11.5 Å². The molecule has 0 radical (unpaired) electrons. The highest BCUT2D eigenvalue weighted by Crippen LogP contribution is 2.52. The Balaban J connectivity index is 1.21. The van der Waals surface area contributed by atoms with E-state index in [0.717, 1.165) is 12.8 Å². The van der Waals surface area contributed by atoms with Crippen LogP contribution < -0.4 is 25.4 Å². The Labute approximate surface area is 346 Å². The molecule has 1 aromatic carbocycles. The molecule has 3 amide bonds. The van der Waals surface area contributed by atoms with Crippen LogP contribution in [0.2, 0.25) is 5.02 Å². The van der Waals surface area contributed by atoms with Crippen molar-refractivity contribution in [1.29, 1.82) is 0 Å². The maximum atomic E-state index is 14.7. The van der Waals surface area contributed by atoms with E-state index in [2.05, 4.69) is 20.8 Å². The van der Waals surface area contributed by atoms with Crippen molar-refractivity contribution in [2.24, 2.45) is 23.2 Å². The Morgan fingerprint density at radius 2 is 1.83 bits per heavy atom. The minimum absolute atomic E-state index is 0.0223. The molecule has 17 heteroatoms. The van der Waals surface area contributed by atoms with Gasteiger partial charge in [0.15, 0.2) is 5.13 Å². The quantitative estimate of drug-likeness (QED) is 0.126. The molecule has 310 valence electrons. The molecule has 0 spiro atoms. The fourth-order valence-corrected chi connectivity index (χ4v) is 9.49. The van der Waals surface area contributed by atoms with Crippen LogP contribution in [0.15, 0.2) is 23.6 Å². The summed E-state index contributed by atoms with van der Waals surface area (Å²) >= 11 is 8.26. The lowest BCUT2D eigenvalue weighted by atomic mass is 9.85. The van der Waals surface area contributed by atoms with Gasteiger partial charge in [-0.05, 0) is 74.8 Å². The second kappa shape index (κ2) is 16.1. The fourth-order valence-electron chi connectivity index (χ4n) is 8.38. The molecule has 2 aromatic heterocycles. The van der Waals surface area contributed by atoms with Gasteiger partial charge in [-0.25, -0.2) is 26.1 Å². The molecular formula is C41H50ClN7O8S. The number of hydrogen-bond acceptors (Lipinski definition) is 11. The summed E-state index contributed by atoms with van der Waals surface area (Å²) in [7, 11) is 0. The highest BCUT2D eigenvalue weighted by atomic mass is 35.5. The van der Waals surface area contributed by atoms with Gasteiger partial charge in [0.25, 0.3) is 0 Å². The van der Waals surface area contributed by atoms with E-state index in [1.807, 2.05) is 46.9 Å². The molecule has 1 aliphatic heterocycles. The number of likely N-dealkylation sites (tertiary alicyclic amines) is 1. The molecule has 1 saturated heterocycles. The van der Waals surface area contributed by atoms with Gasteiger partial charge >= 0.3 is 18.8 Å². The first-order valence-corrected chi connectivity index (χ1v) is 21.1. The number of benzene rings is 1. The zero-order valence-corrected chi connectivity index (χ0v) is 35.0. The van der Waals surface area contributed by atoms with Crippen molar-refractivity contribution in [1.82, 2.24) is 25.5 Å². The van der Waals surface area contributed by atoms with E-state index >= 15 is 0 Å². The summed E-state index contributed by atoms with van der Waals surface area (Å²) in [5, 5.41) is 22.3. The maximum absolute atomic E-state index is 14.7. The molecule has 4 aliphatic rings. The number of nitrogens with zero attached hydrogens (tertiary/aromatic N) is 4. The molecule has 3 saturated carbocycles. The van der Waals surface area contributed by atoms with Crippen LogP contribution in [-0.4, -0.2) is 93.0 Å². The second-order valence-corrected chi connectivity index (χ2v) is 18.5. The predicted molar refractivity (Wildman–Crippen MR) is 218 cm³/mol. The minimum Gasteiger partial charge on any atom is -0.488 e. The zero-order chi connectivity index (χ0) is 41.7. The van der Waals surface area contributed by atoms with E-state index in [0.29, 0.717) is 51.4 Å². The number of ether oxygens (including phenoxy) is 3. The average molecular weight is 836 g/mol. The van der Waals surface area contributed by atoms with E-state index in [1.165, 1.54) is 22.7 Å². The second-order valence-electron chi connectivity index (χ2n) is 17.3. The summed E-state index contributed by atoms with van der Waals surface area (Å²) in [5.74, 6) is -0.706. The molecule has 8 atom stereocenters. The molecule has 4 N–H and O–H groups in total. The first-order valence-electron chi connectivity index (χ1n) is 19.8. The van der Waals surface area contributed by atoms with Gasteiger partial charge in [-0.15, -0.1) is 11.3 Å². The van der Waals surface area contributed by atoms with Crippen molar-refractivity contribution in [3.8, 4) is 22.9 Å². The van der Waals surface area contributed by atoms with Gasteiger partial charge in [-0.2, -0.15) is 0 Å².